The summed E-state index contributed by atoms with van der Waals surface area (Å²) in [5.41, 5.74) is 1.20. The van der Waals surface area contributed by atoms with Crippen LogP contribution in [0.15, 0.2) is 18.2 Å². The quantitative estimate of drug-likeness (QED) is 0.611. The average molecular weight is 208 g/mol. The van der Waals surface area contributed by atoms with Gasteiger partial charge in [0.2, 0.25) is 5.91 Å². The SMILES string of the molecule is CCC(=O)Nc1cc(C)cc([N+](=O)[O-])c1. The molecule has 0 fully saturated rings. The number of anilines is 1. The molecule has 15 heavy (non-hydrogen) atoms. The Kier molecular flexibility index (Phi) is 3.38. The molecule has 5 nitrogen and oxygen atoms in total. The van der Waals surface area contributed by atoms with Crippen LogP contribution in [0.1, 0.15) is 18.9 Å². The lowest BCUT2D eigenvalue weighted by Gasteiger charge is -2.04. The summed E-state index contributed by atoms with van der Waals surface area (Å²) in [5.74, 6) is -0.158. The van der Waals surface area contributed by atoms with E-state index in [1.807, 2.05) is 0 Å². The molecule has 1 aromatic carbocycles. The molecule has 1 rings (SSSR count). The minimum Gasteiger partial charge on any atom is -0.326 e. The summed E-state index contributed by atoms with van der Waals surface area (Å²) in [6.07, 6.45) is 0.349. The molecule has 1 amide bonds. The fourth-order valence-electron chi connectivity index (χ4n) is 1.19. The van der Waals surface area contributed by atoms with Crippen molar-refractivity contribution in [2.75, 3.05) is 5.32 Å². The number of rotatable bonds is 3. The van der Waals surface area contributed by atoms with Gasteiger partial charge in [-0.2, -0.15) is 0 Å². The van der Waals surface area contributed by atoms with E-state index in [1.54, 1.807) is 19.9 Å². The molecule has 0 spiro atoms. The minimum atomic E-state index is -0.478. The highest BCUT2D eigenvalue weighted by Gasteiger charge is 2.08. The van der Waals surface area contributed by atoms with Crippen molar-refractivity contribution < 1.29 is 9.72 Å². The second-order valence-electron chi connectivity index (χ2n) is 3.22. The van der Waals surface area contributed by atoms with Crippen LogP contribution in [-0.4, -0.2) is 10.8 Å². The van der Waals surface area contributed by atoms with E-state index >= 15 is 0 Å². The molecule has 0 bridgehead atoms. The number of hydrogen-bond acceptors (Lipinski definition) is 3. The third-order valence-electron chi connectivity index (χ3n) is 1.88. The van der Waals surface area contributed by atoms with Crippen LogP contribution >= 0.6 is 0 Å². The molecule has 5 heteroatoms. The number of nitrogens with zero attached hydrogens (tertiary/aromatic N) is 1. The Morgan fingerprint density at radius 3 is 2.67 bits per heavy atom. The number of non-ortho nitro benzene ring substituents is 1. The number of hydrogen-bond donors (Lipinski definition) is 1. The number of aryl methyl sites for hydroxylation is 1. The summed E-state index contributed by atoms with van der Waals surface area (Å²) in [6.45, 7) is 3.47. The second kappa shape index (κ2) is 4.54. The van der Waals surface area contributed by atoms with Crippen LogP contribution < -0.4 is 5.32 Å². The molecule has 0 saturated carbocycles. The van der Waals surface area contributed by atoms with Gasteiger partial charge in [-0.25, -0.2) is 0 Å². The lowest BCUT2D eigenvalue weighted by Crippen LogP contribution is -2.09. The molecule has 0 aromatic heterocycles. The van der Waals surface area contributed by atoms with Crippen LogP contribution in [0.4, 0.5) is 11.4 Å². The van der Waals surface area contributed by atoms with E-state index in [1.165, 1.54) is 12.1 Å². The first kappa shape index (κ1) is 11.2. The molecule has 1 aromatic rings. The zero-order valence-corrected chi connectivity index (χ0v) is 8.61. The number of nitro benzene ring substituents is 1. The van der Waals surface area contributed by atoms with Crippen LogP contribution in [0.2, 0.25) is 0 Å². The fourth-order valence-corrected chi connectivity index (χ4v) is 1.19. The normalized spacial score (nSPS) is 9.73. The number of nitro groups is 1. The van der Waals surface area contributed by atoms with E-state index in [-0.39, 0.29) is 11.6 Å². The number of carbonyl (C=O) groups excluding carboxylic acids is 1. The highest BCUT2D eigenvalue weighted by Crippen LogP contribution is 2.20. The Morgan fingerprint density at radius 2 is 2.13 bits per heavy atom. The van der Waals surface area contributed by atoms with Crippen molar-refractivity contribution in [3.05, 3.63) is 33.9 Å². The first-order chi connectivity index (χ1) is 7.02. The zero-order chi connectivity index (χ0) is 11.4. The van der Waals surface area contributed by atoms with Gasteiger partial charge >= 0.3 is 0 Å². The van der Waals surface area contributed by atoms with E-state index in [0.29, 0.717) is 12.1 Å². The van der Waals surface area contributed by atoms with E-state index in [9.17, 15) is 14.9 Å². The van der Waals surface area contributed by atoms with E-state index < -0.39 is 4.92 Å². The Morgan fingerprint density at radius 1 is 1.47 bits per heavy atom. The van der Waals surface area contributed by atoms with E-state index in [0.717, 1.165) is 5.56 Å². The highest BCUT2D eigenvalue weighted by molar-refractivity contribution is 5.90. The van der Waals surface area contributed by atoms with Crippen LogP contribution in [0.3, 0.4) is 0 Å². The molecule has 0 aliphatic rings. The van der Waals surface area contributed by atoms with Crippen molar-refractivity contribution in [3.63, 3.8) is 0 Å². The van der Waals surface area contributed by atoms with Gasteiger partial charge in [0, 0.05) is 24.2 Å². The average Bonchev–Trinajstić information content (AvgIpc) is 2.16. The molecule has 0 aliphatic heterocycles. The maximum atomic E-state index is 11.1. The molecule has 1 N–H and O–H groups in total. The number of carbonyl (C=O) groups is 1. The first-order valence-corrected chi connectivity index (χ1v) is 4.59. The molecule has 80 valence electrons. The molecular formula is C10H12N2O3. The summed E-state index contributed by atoms with van der Waals surface area (Å²) in [4.78, 5) is 21.2. The second-order valence-corrected chi connectivity index (χ2v) is 3.22. The minimum absolute atomic E-state index is 0.0126. The van der Waals surface area contributed by atoms with Crippen LogP contribution in [0.25, 0.3) is 0 Å². The lowest BCUT2D eigenvalue weighted by atomic mass is 10.2. The Balaban J connectivity index is 2.98. The third kappa shape index (κ3) is 3.05. The van der Waals surface area contributed by atoms with Crippen molar-refractivity contribution in [3.8, 4) is 0 Å². The predicted octanol–water partition coefficient (Wildman–Crippen LogP) is 2.25. The molecule has 0 saturated heterocycles. The van der Waals surface area contributed by atoms with Crippen molar-refractivity contribution in [2.45, 2.75) is 20.3 Å². The molecule has 0 radical (unpaired) electrons. The summed E-state index contributed by atoms with van der Waals surface area (Å²) in [5, 5.41) is 13.1. The van der Waals surface area contributed by atoms with E-state index in [2.05, 4.69) is 5.32 Å². The molecule has 0 atom stereocenters. The maximum absolute atomic E-state index is 11.1. The first-order valence-electron chi connectivity index (χ1n) is 4.59. The third-order valence-corrected chi connectivity index (χ3v) is 1.88. The van der Waals surface area contributed by atoms with Gasteiger partial charge in [0.25, 0.3) is 5.69 Å². The molecule has 0 heterocycles. The van der Waals surface area contributed by atoms with E-state index in [4.69, 9.17) is 0 Å². The monoisotopic (exact) mass is 208 g/mol. The Bertz CT molecular complexity index is 402. The van der Waals surface area contributed by atoms with Gasteiger partial charge < -0.3 is 5.32 Å². The van der Waals surface area contributed by atoms with Crippen molar-refractivity contribution in [1.82, 2.24) is 0 Å². The van der Waals surface area contributed by atoms with Crippen molar-refractivity contribution in [2.24, 2.45) is 0 Å². The zero-order valence-electron chi connectivity index (χ0n) is 8.61. The van der Waals surface area contributed by atoms with Crippen LogP contribution in [0, 0.1) is 17.0 Å². The fraction of sp³-hybridized carbons (Fsp3) is 0.300. The number of benzene rings is 1. The topological polar surface area (TPSA) is 72.2 Å². The highest BCUT2D eigenvalue weighted by atomic mass is 16.6. The summed E-state index contributed by atoms with van der Waals surface area (Å²) in [6, 6.07) is 4.50. The summed E-state index contributed by atoms with van der Waals surface area (Å²) >= 11 is 0. The maximum Gasteiger partial charge on any atom is 0.271 e. The van der Waals surface area contributed by atoms with Crippen molar-refractivity contribution in [1.29, 1.82) is 0 Å². The Labute approximate surface area is 87.3 Å². The molecule has 0 unspecified atom stereocenters. The molecular weight excluding hydrogens is 196 g/mol. The summed E-state index contributed by atoms with van der Waals surface area (Å²) < 4.78 is 0. The van der Waals surface area contributed by atoms with Gasteiger partial charge in [-0.15, -0.1) is 0 Å². The van der Waals surface area contributed by atoms with Gasteiger partial charge in [-0.1, -0.05) is 6.92 Å². The van der Waals surface area contributed by atoms with Crippen LogP contribution in [-0.2, 0) is 4.79 Å². The standard InChI is InChI=1S/C10H12N2O3/c1-3-10(13)11-8-4-7(2)5-9(6-8)12(14)15/h4-6H,3H2,1-2H3,(H,11,13). The van der Waals surface area contributed by atoms with Gasteiger partial charge in [-0.3, -0.25) is 14.9 Å². The Hall–Kier alpha value is -1.91. The lowest BCUT2D eigenvalue weighted by molar-refractivity contribution is -0.384. The van der Waals surface area contributed by atoms with Gasteiger partial charge in [0.1, 0.15) is 0 Å². The summed E-state index contributed by atoms with van der Waals surface area (Å²) in [7, 11) is 0. The van der Waals surface area contributed by atoms with Gasteiger partial charge in [0.15, 0.2) is 0 Å². The van der Waals surface area contributed by atoms with Gasteiger partial charge in [0.05, 0.1) is 4.92 Å². The largest absolute Gasteiger partial charge is 0.326 e. The van der Waals surface area contributed by atoms with Crippen molar-refractivity contribution >= 4 is 17.3 Å². The number of nitrogens with one attached hydrogen (secondary N) is 1. The molecule has 0 aliphatic carbocycles. The van der Waals surface area contributed by atoms with Gasteiger partial charge in [-0.05, 0) is 18.6 Å². The smallest absolute Gasteiger partial charge is 0.271 e. The predicted molar refractivity (Wildman–Crippen MR) is 56.8 cm³/mol. The van der Waals surface area contributed by atoms with Crippen LogP contribution in [0.5, 0.6) is 0 Å². The number of amides is 1.